The monoisotopic (exact) mass is 242 g/mol. The van der Waals surface area contributed by atoms with Gasteiger partial charge in [-0.25, -0.2) is 0 Å². The molecule has 2 heterocycles. The molecule has 94 valence electrons. The van der Waals surface area contributed by atoms with Crippen molar-refractivity contribution in [3.63, 3.8) is 0 Å². The molecule has 0 saturated carbocycles. The zero-order valence-electron chi connectivity index (χ0n) is 10.6. The van der Waals surface area contributed by atoms with Crippen LogP contribution in [0.25, 0.3) is 0 Å². The first-order chi connectivity index (χ1) is 8.86. The van der Waals surface area contributed by atoms with Crippen LogP contribution in [0.2, 0.25) is 0 Å². The predicted octanol–water partition coefficient (Wildman–Crippen LogP) is 2.79. The number of fused-ring (bicyclic) bond motifs is 1. The highest BCUT2D eigenvalue weighted by Crippen LogP contribution is 2.30. The lowest BCUT2D eigenvalue weighted by molar-refractivity contribution is 0.583. The van der Waals surface area contributed by atoms with Gasteiger partial charge >= 0.3 is 0 Å². The Morgan fingerprint density at radius 2 is 2.44 bits per heavy atom. The molecule has 0 bridgehead atoms. The minimum atomic E-state index is 0.324. The number of aromatic nitrogens is 3. The largest absolute Gasteiger partial charge is 0.374 e. The van der Waals surface area contributed by atoms with E-state index in [4.69, 9.17) is 0 Å². The van der Waals surface area contributed by atoms with E-state index in [2.05, 4.69) is 34.6 Å². The fourth-order valence-corrected chi connectivity index (χ4v) is 2.56. The molecule has 0 spiro atoms. The standard InChI is InChI=1S/C14H18N4/c1-2-18-10-12(9-16-18)17-13-7-3-5-11-6-4-8-15-14(11)13/h4,6,8-10,13,17H,2-3,5,7H2,1H3. The van der Waals surface area contributed by atoms with E-state index in [1.165, 1.54) is 17.7 Å². The van der Waals surface area contributed by atoms with Crippen LogP contribution in [-0.2, 0) is 13.0 Å². The molecule has 1 atom stereocenters. The normalized spacial score (nSPS) is 18.4. The van der Waals surface area contributed by atoms with E-state index in [-0.39, 0.29) is 0 Å². The summed E-state index contributed by atoms with van der Waals surface area (Å²) in [4.78, 5) is 4.53. The van der Waals surface area contributed by atoms with Crippen LogP contribution in [0.3, 0.4) is 0 Å². The molecule has 0 saturated heterocycles. The van der Waals surface area contributed by atoms with Crippen molar-refractivity contribution in [1.29, 1.82) is 0 Å². The molecule has 1 aliphatic carbocycles. The summed E-state index contributed by atoms with van der Waals surface area (Å²) in [5.74, 6) is 0. The van der Waals surface area contributed by atoms with E-state index in [0.29, 0.717) is 6.04 Å². The third-order valence-electron chi connectivity index (χ3n) is 3.49. The van der Waals surface area contributed by atoms with Gasteiger partial charge < -0.3 is 5.32 Å². The van der Waals surface area contributed by atoms with E-state index in [1.54, 1.807) is 0 Å². The van der Waals surface area contributed by atoms with E-state index in [0.717, 1.165) is 25.1 Å². The van der Waals surface area contributed by atoms with Crippen molar-refractivity contribution in [1.82, 2.24) is 14.8 Å². The van der Waals surface area contributed by atoms with Gasteiger partial charge in [-0.05, 0) is 37.8 Å². The molecule has 4 nitrogen and oxygen atoms in total. The summed E-state index contributed by atoms with van der Waals surface area (Å²) < 4.78 is 1.94. The van der Waals surface area contributed by atoms with Gasteiger partial charge in [0.15, 0.2) is 0 Å². The second-order valence-corrected chi connectivity index (χ2v) is 4.72. The number of hydrogen-bond acceptors (Lipinski definition) is 3. The second-order valence-electron chi connectivity index (χ2n) is 4.72. The molecule has 0 aromatic carbocycles. The summed E-state index contributed by atoms with van der Waals surface area (Å²) in [6.07, 6.45) is 9.33. The molecule has 1 unspecified atom stereocenters. The number of aryl methyl sites for hydroxylation is 2. The van der Waals surface area contributed by atoms with Crippen molar-refractivity contribution >= 4 is 5.69 Å². The highest BCUT2D eigenvalue weighted by molar-refractivity contribution is 5.42. The van der Waals surface area contributed by atoms with Gasteiger partial charge in [-0.15, -0.1) is 0 Å². The Hall–Kier alpha value is -1.84. The summed E-state index contributed by atoms with van der Waals surface area (Å²) in [6.45, 7) is 3.00. The maximum Gasteiger partial charge on any atom is 0.0731 e. The van der Waals surface area contributed by atoms with E-state index >= 15 is 0 Å². The van der Waals surface area contributed by atoms with Crippen molar-refractivity contribution in [3.05, 3.63) is 42.0 Å². The minimum absolute atomic E-state index is 0.324. The average Bonchev–Trinajstić information content (AvgIpc) is 2.87. The maximum atomic E-state index is 4.53. The van der Waals surface area contributed by atoms with Crippen molar-refractivity contribution in [2.24, 2.45) is 0 Å². The summed E-state index contributed by atoms with van der Waals surface area (Å²) in [5.41, 5.74) is 3.66. The first-order valence-electron chi connectivity index (χ1n) is 6.59. The van der Waals surface area contributed by atoms with Crippen LogP contribution < -0.4 is 5.32 Å². The van der Waals surface area contributed by atoms with Gasteiger partial charge in [-0.2, -0.15) is 5.10 Å². The number of anilines is 1. The summed E-state index contributed by atoms with van der Waals surface area (Å²) in [7, 11) is 0. The van der Waals surface area contributed by atoms with Gasteiger partial charge in [0.1, 0.15) is 0 Å². The summed E-state index contributed by atoms with van der Waals surface area (Å²) >= 11 is 0. The Kier molecular flexibility index (Phi) is 3.00. The fourth-order valence-electron chi connectivity index (χ4n) is 2.56. The van der Waals surface area contributed by atoms with Gasteiger partial charge in [0.25, 0.3) is 0 Å². The predicted molar refractivity (Wildman–Crippen MR) is 71.4 cm³/mol. The minimum Gasteiger partial charge on any atom is -0.374 e. The van der Waals surface area contributed by atoms with Gasteiger partial charge in [-0.3, -0.25) is 9.67 Å². The molecule has 2 aromatic heterocycles. The number of hydrogen-bond donors (Lipinski definition) is 1. The third kappa shape index (κ3) is 2.10. The van der Waals surface area contributed by atoms with Gasteiger partial charge in [0, 0.05) is 18.9 Å². The Morgan fingerprint density at radius 3 is 3.28 bits per heavy atom. The van der Waals surface area contributed by atoms with Crippen LogP contribution in [0.5, 0.6) is 0 Å². The van der Waals surface area contributed by atoms with Gasteiger partial charge in [0.2, 0.25) is 0 Å². The summed E-state index contributed by atoms with van der Waals surface area (Å²) in [5, 5.41) is 7.84. The molecule has 2 aromatic rings. The lowest BCUT2D eigenvalue weighted by Gasteiger charge is -2.25. The molecule has 4 heteroatoms. The van der Waals surface area contributed by atoms with E-state index < -0.39 is 0 Å². The Morgan fingerprint density at radius 1 is 1.50 bits per heavy atom. The molecule has 0 aliphatic heterocycles. The topological polar surface area (TPSA) is 42.7 Å². The Bertz CT molecular complexity index is 532. The van der Waals surface area contributed by atoms with Crippen LogP contribution >= 0.6 is 0 Å². The second kappa shape index (κ2) is 4.80. The SMILES string of the molecule is CCn1cc(NC2CCCc3cccnc32)cn1. The fraction of sp³-hybridized carbons (Fsp3) is 0.429. The molecule has 0 amide bonds. The van der Waals surface area contributed by atoms with Gasteiger partial charge in [-0.1, -0.05) is 6.07 Å². The van der Waals surface area contributed by atoms with Gasteiger partial charge in [0.05, 0.1) is 23.6 Å². The molecular weight excluding hydrogens is 224 g/mol. The molecule has 3 rings (SSSR count). The molecule has 0 fully saturated rings. The number of pyridine rings is 1. The average molecular weight is 242 g/mol. The van der Waals surface area contributed by atoms with Crippen LogP contribution in [0.15, 0.2) is 30.7 Å². The maximum absolute atomic E-state index is 4.53. The van der Waals surface area contributed by atoms with Crippen LogP contribution in [0.4, 0.5) is 5.69 Å². The molecule has 18 heavy (non-hydrogen) atoms. The number of nitrogens with one attached hydrogen (secondary N) is 1. The van der Waals surface area contributed by atoms with Crippen LogP contribution in [0.1, 0.15) is 37.1 Å². The lowest BCUT2D eigenvalue weighted by atomic mass is 9.92. The zero-order chi connectivity index (χ0) is 12.4. The summed E-state index contributed by atoms with van der Waals surface area (Å²) in [6, 6.07) is 4.53. The van der Waals surface area contributed by atoms with E-state index in [9.17, 15) is 0 Å². The molecule has 0 radical (unpaired) electrons. The van der Waals surface area contributed by atoms with Crippen LogP contribution in [0, 0.1) is 0 Å². The highest BCUT2D eigenvalue weighted by atomic mass is 15.3. The molecular formula is C14H18N4. The molecule has 1 N–H and O–H groups in total. The Balaban J connectivity index is 1.81. The van der Waals surface area contributed by atoms with Crippen molar-refractivity contribution in [2.45, 2.75) is 38.8 Å². The van der Waals surface area contributed by atoms with Crippen molar-refractivity contribution in [2.75, 3.05) is 5.32 Å². The number of nitrogens with zero attached hydrogens (tertiary/aromatic N) is 3. The quantitative estimate of drug-likeness (QED) is 0.900. The smallest absolute Gasteiger partial charge is 0.0731 e. The Labute approximate surface area is 107 Å². The lowest BCUT2D eigenvalue weighted by Crippen LogP contribution is -2.18. The first kappa shape index (κ1) is 11.3. The molecule has 1 aliphatic rings. The van der Waals surface area contributed by atoms with Crippen molar-refractivity contribution in [3.8, 4) is 0 Å². The van der Waals surface area contributed by atoms with Crippen molar-refractivity contribution < 1.29 is 0 Å². The van der Waals surface area contributed by atoms with Crippen LogP contribution in [-0.4, -0.2) is 14.8 Å². The third-order valence-corrected chi connectivity index (χ3v) is 3.49. The first-order valence-corrected chi connectivity index (χ1v) is 6.59. The zero-order valence-corrected chi connectivity index (χ0v) is 10.6. The highest BCUT2D eigenvalue weighted by Gasteiger charge is 2.21. The van der Waals surface area contributed by atoms with E-state index in [1.807, 2.05) is 23.1 Å². The number of rotatable bonds is 3.